The number of fused-ring (bicyclic) bond motifs is 12. The highest BCUT2D eigenvalue weighted by Gasteiger charge is 2.32. The Bertz CT molecular complexity index is 4950. The summed E-state index contributed by atoms with van der Waals surface area (Å²) in [6.45, 7) is 0. The van der Waals surface area contributed by atoms with Crippen molar-refractivity contribution in [3.05, 3.63) is 253 Å². The first kappa shape index (κ1) is 56.2. The minimum atomic E-state index is 0.589. The maximum absolute atomic E-state index is 2.63. The largest absolute Gasteiger partial charge is 0.309 e. The molecule has 0 N–H and O–H groups in total. The van der Waals surface area contributed by atoms with Crippen molar-refractivity contribution in [1.82, 2.24) is 8.80 Å². The predicted molar refractivity (Wildman–Crippen MR) is 399 cm³/mol. The number of aromatic nitrogens is 2. The molecule has 11 aromatic carbocycles. The van der Waals surface area contributed by atoms with Crippen LogP contribution in [0.3, 0.4) is 0 Å². The van der Waals surface area contributed by atoms with Crippen molar-refractivity contribution < 1.29 is 0 Å². The Kier molecular flexibility index (Phi) is 13.9. The highest BCUT2D eigenvalue weighted by molar-refractivity contribution is 6.32. The molecule has 4 saturated carbocycles. The van der Waals surface area contributed by atoms with Crippen LogP contribution in [-0.4, -0.2) is 8.80 Å². The third-order valence-corrected chi connectivity index (χ3v) is 23.5. The molecule has 15 aromatic rings. The molecule has 4 nitrogen and oxygen atoms in total. The van der Waals surface area contributed by atoms with E-state index in [4.69, 9.17) is 0 Å². The number of nitrogens with zero attached hydrogens (tertiary/aromatic N) is 4. The summed E-state index contributed by atoms with van der Waals surface area (Å²) in [5.74, 6) is 2.44. The fraction of sp³-hybridized carbons (Fsp3) is 0.267. The monoisotopic (exact) mass is 1220 g/mol. The summed E-state index contributed by atoms with van der Waals surface area (Å²) in [6, 6.07) is 90.7. The smallest absolute Gasteiger partial charge is 0.0641 e. The van der Waals surface area contributed by atoms with E-state index >= 15 is 0 Å². The van der Waals surface area contributed by atoms with Gasteiger partial charge in [0, 0.05) is 65.6 Å². The predicted octanol–water partition coefficient (Wildman–Crippen LogP) is 26.5. The lowest BCUT2D eigenvalue weighted by Crippen LogP contribution is -2.13. The second kappa shape index (κ2) is 23.3. The van der Waals surface area contributed by atoms with E-state index in [9.17, 15) is 0 Å². The van der Waals surface area contributed by atoms with Crippen LogP contribution >= 0.6 is 0 Å². The van der Waals surface area contributed by atoms with Crippen LogP contribution in [0, 0.1) is 0 Å². The standard InChI is InChI=1S/C90H82N4/c1-7-23-59(24-8-1)63-39-45-69(46-40-63)91(81-51-43-67(61-27-11-3-12-28-61)55-75(81)65-31-15-5-16-32-65)83-53-49-71-77-57-86-78(58-85(77)93-79-37-21-19-35-73(79)87(83)89(71)93)72-50-54-84(88-74-36-20-22-38-80(74)94(86)90(72)88)92(70-47-41-64(42-48-70)60-25-9-2-10-26-60)82-52-44-68(62-29-13-4-14-30-62)56-76(82)66-33-17-6-18-34-66/h5-6,15-22,31-62H,1-4,7-14,23-30H2. The van der Waals surface area contributed by atoms with Gasteiger partial charge in [-0.3, -0.25) is 0 Å². The Labute approximate surface area is 552 Å². The summed E-state index contributed by atoms with van der Waals surface area (Å²) in [4.78, 5) is 5.27. The number of anilines is 6. The van der Waals surface area contributed by atoms with Crippen LogP contribution < -0.4 is 9.80 Å². The topological polar surface area (TPSA) is 15.3 Å². The fourth-order valence-corrected chi connectivity index (χ4v) is 18.9. The Morgan fingerprint density at radius 3 is 0.957 bits per heavy atom. The van der Waals surface area contributed by atoms with Gasteiger partial charge in [-0.2, -0.15) is 0 Å². The van der Waals surface area contributed by atoms with E-state index in [2.05, 4.69) is 249 Å². The summed E-state index contributed by atoms with van der Waals surface area (Å²) < 4.78 is 5.26. The van der Waals surface area contributed by atoms with Crippen LogP contribution in [0.15, 0.2) is 231 Å². The van der Waals surface area contributed by atoms with Crippen LogP contribution in [0.2, 0.25) is 0 Å². The van der Waals surface area contributed by atoms with E-state index < -0.39 is 0 Å². The van der Waals surface area contributed by atoms with Gasteiger partial charge < -0.3 is 18.6 Å². The van der Waals surface area contributed by atoms with Gasteiger partial charge in [0.15, 0.2) is 0 Å². The van der Waals surface area contributed by atoms with Crippen LogP contribution in [-0.2, 0) is 0 Å². The lowest BCUT2D eigenvalue weighted by Gasteiger charge is -2.31. The number of hydrogen-bond donors (Lipinski definition) is 0. The van der Waals surface area contributed by atoms with Gasteiger partial charge in [0.25, 0.3) is 0 Å². The molecular weight excluding hydrogens is 1140 g/mol. The second-order valence-electron chi connectivity index (χ2n) is 28.8. The number of hydrogen-bond acceptors (Lipinski definition) is 2. The summed E-state index contributed by atoms with van der Waals surface area (Å²) in [6.07, 6.45) is 26.2. The first-order chi connectivity index (χ1) is 46.7. The van der Waals surface area contributed by atoms with Gasteiger partial charge in [-0.1, -0.05) is 223 Å². The molecule has 19 rings (SSSR count). The molecule has 0 radical (unpaired) electrons. The van der Waals surface area contributed by atoms with Crippen molar-refractivity contribution in [1.29, 1.82) is 0 Å². The van der Waals surface area contributed by atoms with Crippen LogP contribution in [0.25, 0.3) is 98.4 Å². The zero-order valence-electron chi connectivity index (χ0n) is 54.2. The highest BCUT2D eigenvalue weighted by atomic mass is 15.2. The maximum atomic E-state index is 2.63. The summed E-state index contributed by atoms with van der Waals surface area (Å²) in [7, 11) is 0. The van der Waals surface area contributed by atoms with E-state index in [1.54, 1.807) is 0 Å². The normalized spacial score (nSPS) is 16.8. The Hall–Kier alpha value is -9.38. The van der Waals surface area contributed by atoms with Gasteiger partial charge >= 0.3 is 0 Å². The number of para-hydroxylation sites is 2. The lowest BCUT2D eigenvalue weighted by atomic mass is 9.82. The Morgan fingerprint density at radius 1 is 0.245 bits per heavy atom. The van der Waals surface area contributed by atoms with Crippen molar-refractivity contribution in [3.8, 4) is 22.3 Å². The van der Waals surface area contributed by atoms with E-state index in [1.165, 1.54) is 283 Å². The second-order valence-corrected chi connectivity index (χ2v) is 28.8. The zero-order valence-corrected chi connectivity index (χ0v) is 54.2. The lowest BCUT2D eigenvalue weighted by molar-refractivity contribution is 0.443. The van der Waals surface area contributed by atoms with Gasteiger partial charge in [0.1, 0.15) is 0 Å². The molecule has 0 bridgehead atoms. The van der Waals surface area contributed by atoms with Crippen molar-refractivity contribution in [3.63, 3.8) is 0 Å². The molecule has 94 heavy (non-hydrogen) atoms. The first-order valence-corrected chi connectivity index (χ1v) is 36.2. The third kappa shape index (κ3) is 9.20. The van der Waals surface area contributed by atoms with Crippen molar-refractivity contribution in [2.24, 2.45) is 0 Å². The van der Waals surface area contributed by atoms with Crippen LogP contribution in [0.1, 0.15) is 174 Å². The molecule has 0 amide bonds. The molecule has 0 saturated heterocycles. The molecule has 0 unspecified atom stereocenters. The average molecular weight is 1220 g/mol. The maximum Gasteiger partial charge on any atom is 0.0641 e. The molecule has 4 aromatic heterocycles. The van der Waals surface area contributed by atoms with Crippen LogP contribution in [0.4, 0.5) is 34.1 Å². The zero-order chi connectivity index (χ0) is 61.8. The molecule has 4 aliphatic rings. The summed E-state index contributed by atoms with van der Waals surface area (Å²) in [5, 5.41) is 10.3. The third-order valence-electron chi connectivity index (χ3n) is 23.5. The molecule has 0 atom stereocenters. The van der Waals surface area contributed by atoms with Gasteiger partial charge in [0.05, 0.1) is 55.8 Å². The van der Waals surface area contributed by atoms with E-state index in [0.29, 0.717) is 23.7 Å². The van der Waals surface area contributed by atoms with Gasteiger partial charge in [-0.25, -0.2) is 0 Å². The van der Waals surface area contributed by atoms with Crippen molar-refractivity contribution in [2.75, 3.05) is 9.80 Å². The Balaban J connectivity index is 0.830. The van der Waals surface area contributed by atoms with Crippen molar-refractivity contribution >= 4 is 110 Å². The Morgan fingerprint density at radius 2 is 0.574 bits per heavy atom. The molecular formula is C90H82N4. The molecule has 0 aliphatic heterocycles. The van der Waals surface area contributed by atoms with E-state index in [1.807, 2.05) is 0 Å². The van der Waals surface area contributed by atoms with Gasteiger partial charge in [-0.15, -0.1) is 0 Å². The number of benzene rings is 11. The van der Waals surface area contributed by atoms with Crippen molar-refractivity contribution in [2.45, 2.75) is 152 Å². The average Bonchev–Trinajstić information content (AvgIpc) is 1.52. The van der Waals surface area contributed by atoms with Gasteiger partial charge in [0.2, 0.25) is 0 Å². The molecule has 462 valence electrons. The fourth-order valence-electron chi connectivity index (χ4n) is 18.9. The molecule has 4 heteroatoms. The number of rotatable bonds is 12. The van der Waals surface area contributed by atoms with E-state index in [0.717, 1.165) is 0 Å². The minimum Gasteiger partial charge on any atom is -0.309 e. The van der Waals surface area contributed by atoms with Gasteiger partial charge in [-0.05, 0) is 193 Å². The van der Waals surface area contributed by atoms with Crippen LogP contribution in [0.5, 0.6) is 0 Å². The first-order valence-electron chi connectivity index (χ1n) is 36.2. The highest BCUT2D eigenvalue weighted by Crippen LogP contribution is 2.54. The quantitative estimate of drug-likeness (QED) is 0.121. The molecule has 4 aliphatic carbocycles. The molecule has 4 heterocycles. The van der Waals surface area contributed by atoms with E-state index in [-0.39, 0.29) is 0 Å². The molecule has 4 fully saturated rings. The molecule has 0 spiro atoms. The minimum absolute atomic E-state index is 0.589. The summed E-state index contributed by atoms with van der Waals surface area (Å²) >= 11 is 0. The summed E-state index contributed by atoms with van der Waals surface area (Å²) in [5.41, 5.74) is 25.9. The SMILES string of the molecule is c1ccc(-c2cc(C3CCCCC3)ccc2N(c2ccc(C3CCCCC3)cc2)c2ccc3c4cc5c(cc4n4c6ccccc6c2c34)c2ccc(N(c3ccc(C4CCCCC4)cc3)c3ccc(C4CCCCC4)cc3-c3ccccc3)c3c4ccccc4n5c23)cc1.